The molecule has 0 radical (unpaired) electrons. The molecule has 48 heavy (non-hydrogen) atoms. The number of ether oxygens (including phenoxy) is 5. The number of nitrogens with one attached hydrogen (secondary N) is 1. The molecule has 0 bridgehead atoms. The molecule has 1 aliphatic rings. The lowest BCUT2D eigenvalue weighted by atomic mass is 10.2. The molecular weight excluding hydrogens is 651 g/mol. The van der Waals surface area contributed by atoms with E-state index in [1.807, 2.05) is 34.9 Å². The summed E-state index contributed by atoms with van der Waals surface area (Å²) in [5.74, 6) is 3.12. The highest BCUT2D eigenvalue weighted by Crippen LogP contribution is 2.40. The number of thioether (sulfide) groups is 1. The van der Waals surface area contributed by atoms with Gasteiger partial charge in [-0.2, -0.15) is 0 Å². The first-order valence-electron chi connectivity index (χ1n) is 15.8. The molecule has 4 aromatic rings. The van der Waals surface area contributed by atoms with Crippen molar-refractivity contribution in [1.29, 1.82) is 0 Å². The number of benzene rings is 2. The molecule has 258 valence electrons. The third-order valence-corrected chi connectivity index (χ3v) is 14.3. The molecule has 1 N–H and O–H groups in total. The summed E-state index contributed by atoms with van der Waals surface area (Å²) < 4.78 is 38.2. The van der Waals surface area contributed by atoms with Gasteiger partial charge in [0, 0.05) is 35.4 Å². The van der Waals surface area contributed by atoms with Crippen molar-refractivity contribution < 1.29 is 32.9 Å². The maximum atomic E-state index is 12.9. The molecule has 3 heterocycles. The number of aromatic nitrogens is 4. The van der Waals surface area contributed by atoms with Gasteiger partial charge < -0.3 is 33.4 Å². The van der Waals surface area contributed by atoms with Gasteiger partial charge in [0.05, 0.1) is 46.3 Å². The average Bonchev–Trinajstić information content (AvgIpc) is 3.70. The number of rotatable bonds is 14. The van der Waals surface area contributed by atoms with Gasteiger partial charge in [0.2, 0.25) is 0 Å². The molecule has 2 aromatic heterocycles. The summed E-state index contributed by atoms with van der Waals surface area (Å²) in [5, 5.41) is 2.92. The van der Waals surface area contributed by atoms with Crippen molar-refractivity contribution in [3.8, 4) is 17.2 Å². The number of hydrogen-bond acceptors (Lipinski definition) is 11. The van der Waals surface area contributed by atoms with E-state index in [1.54, 1.807) is 51.6 Å². The second-order valence-corrected chi connectivity index (χ2v) is 18.7. The molecule has 5 rings (SSSR count). The van der Waals surface area contributed by atoms with Gasteiger partial charge >= 0.3 is 0 Å². The van der Waals surface area contributed by atoms with E-state index < -0.39 is 14.5 Å². The summed E-state index contributed by atoms with van der Waals surface area (Å²) in [4.78, 5) is 26.2. The van der Waals surface area contributed by atoms with E-state index in [2.05, 4.69) is 54.1 Å². The van der Waals surface area contributed by atoms with Crippen LogP contribution in [0.25, 0.3) is 11.2 Å². The number of carbonyl (C=O) groups is 1. The molecule has 0 aliphatic carbocycles. The van der Waals surface area contributed by atoms with Crippen LogP contribution in [0.2, 0.25) is 18.1 Å². The van der Waals surface area contributed by atoms with Crippen LogP contribution >= 0.6 is 11.8 Å². The minimum atomic E-state index is -2.06. The van der Waals surface area contributed by atoms with Crippen LogP contribution in [-0.4, -0.2) is 79.8 Å². The highest BCUT2D eigenvalue weighted by Gasteiger charge is 2.42. The molecule has 1 fully saturated rings. The number of methoxy groups -OCH3 is 3. The predicted molar refractivity (Wildman–Crippen MR) is 189 cm³/mol. The molecule has 12 nitrogen and oxygen atoms in total. The van der Waals surface area contributed by atoms with E-state index in [4.69, 9.17) is 28.1 Å². The SMILES string of the molecule is COc1cc(OC)c(CSCOC2C[C@H](n3cnc4c(NC(=O)c5ccccc5)ncnc43)O[C@@H]2CO[Si](C)(C)C(C)(C)C)c(OC)c1. The summed E-state index contributed by atoms with van der Waals surface area (Å²) >= 11 is 1.61. The van der Waals surface area contributed by atoms with Crippen molar-refractivity contribution in [2.75, 3.05) is 39.2 Å². The van der Waals surface area contributed by atoms with E-state index in [0.29, 0.717) is 64.5 Å². The van der Waals surface area contributed by atoms with Gasteiger partial charge in [-0.15, -0.1) is 11.8 Å². The van der Waals surface area contributed by atoms with Crippen molar-refractivity contribution in [3.05, 3.63) is 66.2 Å². The number of hydrogen-bond donors (Lipinski definition) is 1. The van der Waals surface area contributed by atoms with Crippen LogP contribution in [0.15, 0.2) is 55.1 Å². The molecule has 0 saturated carbocycles. The molecule has 3 atom stereocenters. The fourth-order valence-corrected chi connectivity index (χ4v) is 6.98. The van der Waals surface area contributed by atoms with Crippen LogP contribution in [0.5, 0.6) is 17.2 Å². The van der Waals surface area contributed by atoms with Gasteiger partial charge in [0.25, 0.3) is 5.91 Å². The highest BCUT2D eigenvalue weighted by atomic mass is 32.2. The van der Waals surface area contributed by atoms with E-state index in [0.717, 1.165) is 5.56 Å². The van der Waals surface area contributed by atoms with Crippen LogP contribution in [-0.2, 0) is 19.7 Å². The standard InChI is InChI=1S/C34H45N5O7SSi/c1-34(2,3)48(7,8)45-17-28-27(44-21-47-18-24-25(42-5)14-23(41-4)15-26(24)43-6)16-29(46-28)39-20-37-30-31(35-19-36-32(30)39)38-33(40)22-12-10-9-11-13-22/h9-15,19-20,27-29H,16-18,21H2,1-8H3,(H,35,36,38,40)/t27?,28-,29-/m1/s1. The van der Waals surface area contributed by atoms with Gasteiger partial charge in [0.1, 0.15) is 35.9 Å². The van der Waals surface area contributed by atoms with Crippen LogP contribution in [0, 0.1) is 0 Å². The molecule has 1 unspecified atom stereocenters. The monoisotopic (exact) mass is 695 g/mol. The predicted octanol–water partition coefficient (Wildman–Crippen LogP) is 6.69. The first-order valence-corrected chi connectivity index (χ1v) is 19.8. The van der Waals surface area contributed by atoms with Crippen LogP contribution in [0.4, 0.5) is 5.82 Å². The fourth-order valence-electron chi connectivity index (χ4n) is 5.13. The summed E-state index contributed by atoms with van der Waals surface area (Å²) in [6, 6.07) is 12.7. The Morgan fingerprint density at radius 3 is 2.40 bits per heavy atom. The Hall–Kier alpha value is -3.69. The average molecular weight is 696 g/mol. The van der Waals surface area contributed by atoms with Crippen LogP contribution < -0.4 is 19.5 Å². The Bertz CT molecular complexity index is 1670. The second kappa shape index (κ2) is 15.2. The largest absolute Gasteiger partial charge is 0.496 e. The van der Waals surface area contributed by atoms with Crippen LogP contribution in [0.1, 0.15) is 49.3 Å². The Morgan fingerprint density at radius 1 is 1.04 bits per heavy atom. The van der Waals surface area contributed by atoms with Crippen molar-refractivity contribution in [2.24, 2.45) is 0 Å². The van der Waals surface area contributed by atoms with Gasteiger partial charge in [-0.05, 0) is 30.3 Å². The summed E-state index contributed by atoms with van der Waals surface area (Å²) in [6.45, 7) is 11.5. The maximum Gasteiger partial charge on any atom is 0.256 e. The number of amides is 1. The number of imidazole rings is 1. The Morgan fingerprint density at radius 2 is 1.75 bits per heavy atom. The maximum absolute atomic E-state index is 12.9. The lowest BCUT2D eigenvalue weighted by Gasteiger charge is -2.37. The molecular formula is C34H45N5O7SSi. The van der Waals surface area contributed by atoms with E-state index >= 15 is 0 Å². The summed E-state index contributed by atoms with van der Waals surface area (Å²) in [7, 11) is 2.82. The van der Waals surface area contributed by atoms with E-state index in [-0.39, 0.29) is 23.2 Å². The zero-order valence-corrected chi connectivity index (χ0v) is 30.6. The molecule has 1 saturated heterocycles. The molecule has 1 amide bonds. The smallest absolute Gasteiger partial charge is 0.256 e. The first kappa shape index (κ1) is 35.6. The summed E-state index contributed by atoms with van der Waals surface area (Å²) in [5.41, 5.74) is 2.47. The fraction of sp³-hybridized carbons (Fsp3) is 0.471. The number of carbonyl (C=O) groups excluding carboxylic acids is 1. The number of nitrogens with zero attached hydrogens (tertiary/aromatic N) is 4. The number of anilines is 1. The second-order valence-electron chi connectivity index (χ2n) is 13.0. The first-order chi connectivity index (χ1) is 23.0. The van der Waals surface area contributed by atoms with Gasteiger partial charge in [0.15, 0.2) is 25.3 Å². The van der Waals surface area contributed by atoms with Crippen molar-refractivity contribution >= 4 is 43.0 Å². The third kappa shape index (κ3) is 7.95. The molecule has 2 aromatic carbocycles. The zero-order chi connectivity index (χ0) is 34.5. The topological polar surface area (TPSA) is 128 Å². The third-order valence-electron chi connectivity index (χ3n) is 8.96. The van der Waals surface area contributed by atoms with Crippen molar-refractivity contribution in [2.45, 2.75) is 69.5 Å². The Balaban J connectivity index is 1.32. The summed E-state index contributed by atoms with van der Waals surface area (Å²) in [6.07, 6.45) is 2.68. The van der Waals surface area contributed by atoms with E-state index in [9.17, 15) is 4.79 Å². The Labute approximate surface area is 287 Å². The lowest BCUT2D eigenvalue weighted by Crippen LogP contribution is -2.44. The zero-order valence-electron chi connectivity index (χ0n) is 28.8. The van der Waals surface area contributed by atoms with Crippen molar-refractivity contribution in [1.82, 2.24) is 19.5 Å². The van der Waals surface area contributed by atoms with Crippen molar-refractivity contribution in [3.63, 3.8) is 0 Å². The minimum absolute atomic E-state index is 0.0474. The molecule has 0 spiro atoms. The molecule has 14 heteroatoms. The Kier molecular flexibility index (Phi) is 11.3. The normalized spacial score (nSPS) is 18.2. The minimum Gasteiger partial charge on any atom is -0.496 e. The highest BCUT2D eigenvalue weighted by molar-refractivity contribution is 7.98. The van der Waals surface area contributed by atoms with Crippen LogP contribution in [0.3, 0.4) is 0 Å². The van der Waals surface area contributed by atoms with E-state index in [1.165, 1.54) is 6.33 Å². The van der Waals surface area contributed by atoms with Gasteiger partial charge in [-0.1, -0.05) is 39.0 Å². The quantitative estimate of drug-likeness (QED) is 0.0861. The lowest BCUT2D eigenvalue weighted by molar-refractivity contribution is -0.0507. The van der Waals surface area contributed by atoms with Gasteiger partial charge in [-0.25, -0.2) is 15.0 Å². The van der Waals surface area contributed by atoms with Gasteiger partial charge in [-0.3, -0.25) is 9.36 Å². The molecule has 1 aliphatic heterocycles. The number of fused-ring (bicyclic) bond motifs is 1.